The lowest BCUT2D eigenvalue weighted by Gasteiger charge is -2.30. The first-order chi connectivity index (χ1) is 7.07. The molecule has 1 heterocycles. The molecule has 0 spiro atoms. The molecule has 1 N–H and O–H groups in total. The van der Waals surface area contributed by atoms with Crippen molar-refractivity contribution in [2.24, 2.45) is 0 Å². The van der Waals surface area contributed by atoms with Gasteiger partial charge in [0.1, 0.15) is 16.9 Å². The van der Waals surface area contributed by atoms with Crippen molar-refractivity contribution in [1.29, 1.82) is 5.26 Å². The summed E-state index contributed by atoms with van der Waals surface area (Å²) in [7, 11) is 0. The molecule has 1 aliphatic carbocycles. The van der Waals surface area contributed by atoms with E-state index in [1.54, 1.807) is 0 Å². The Labute approximate surface area is 83.9 Å². The summed E-state index contributed by atoms with van der Waals surface area (Å²) in [6.45, 7) is 0. The maximum absolute atomic E-state index is 10.9. The molecular weight excluding hydrogens is 200 g/mol. The number of Topliss-reactive ketones (excluding diaryl/α,β-unsaturated/α-hetero) is 1. The van der Waals surface area contributed by atoms with Gasteiger partial charge in [-0.15, -0.1) is 5.10 Å². The van der Waals surface area contributed by atoms with Crippen molar-refractivity contribution >= 4 is 11.6 Å². The number of nitrogens with one attached hydrogen (secondary N) is 1. The predicted octanol–water partition coefficient (Wildman–Crippen LogP) is 0.442. The Bertz CT molecular complexity index is 476. The molecule has 1 aliphatic rings. The molecule has 1 saturated carbocycles. The minimum atomic E-state index is -0.957. The van der Waals surface area contributed by atoms with Gasteiger partial charge in [-0.3, -0.25) is 4.79 Å². The monoisotopic (exact) mass is 206 g/mol. The zero-order chi connectivity index (χ0) is 11.1. The molecule has 76 valence electrons. The van der Waals surface area contributed by atoms with Gasteiger partial charge in [-0.05, 0) is 4.92 Å². The van der Waals surface area contributed by atoms with Gasteiger partial charge >= 0.3 is 5.82 Å². The van der Waals surface area contributed by atoms with Gasteiger partial charge in [0, 0.05) is 12.8 Å². The van der Waals surface area contributed by atoms with Crippen LogP contribution in [0.5, 0.6) is 0 Å². The van der Waals surface area contributed by atoms with Gasteiger partial charge in [0.25, 0.3) is 0 Å². The fourth-order valence-electron chi connectivity index (χ4n) is 1.59. The number of ketones is 1. The molecule has 0 bridgehead atoms. The van der Waals surface area contributed by atoms with Gasteiger partial charge in [-0.1, -0.05) is 5.10 Å². The zero-order valence-corrected chi connectivity index (χ0v) is 7.56. The summed E-state index contributed by atoms with van der Waals surface area (Å²) < 4.78 is 0. The summed E-state index contributed by atoms with van der Waals surface area (Å²) in [5, 5.41) is 25.2. The highest BCUT2D eigenvalue weighted by Gasteiger charge is 2.48. The quantitative estimate of drug-likeness (QED) is 0.557. The average Bonchev–Trinajstić information content (AvgIpc) is 2.61. The molecule has 7 nitrogen and oxygen atoms in total. The second-order valence-corrected chi connectivity index (χ2v) is 3.48. The van der Waals surface area contributed by atoms with E-state index in [1.807, 2.05) is 6.07 Å². The third-order valence-corrected chi connectivity index (χ3v) is 2.46. The van der Waals surface area contributed by atoms with Crippen LogP contribution in [-0.2, 0) is 10.2 Å². The zero-order valence-electron chi connectivity index (χ0n) is 7.56. The smallest absolute Gasteiger partial charge is 0.342 e. The summed E-state index contributed by atoms with van der Waals surface area (Å²) in [6, 6.07) is 3.19. The largest absolute Gasteiger partial charge is 0.358 e. The Kier molecular flexibility index (Phi) is 1.79. The molecule has 0 aliphatic heterocycles. The first-order valence-corrected chi connectivity index (χ1v) is 4.21. The van der Waals surface area contributed by atoms with E-state index in [0.29, 0.717) is 0 Å². The molecule has 0 amide bonds. The first-order valence-electron chi connectivity index (χ1n) is 4.21. The van der Waals surface area contributed by atoms with E-state index in [0.717, 1.165) is 0 Å². The highest BCUT2D eigenvalue weighted by atomic mass is 16.6. The molecule has 1 fully saturated rings. The molecular formula is C8H6N4O3. The summed E-state index contributed by atoms with van der Waals surface area (Å²) in [6.07, 6.45) is 0.178. The summed E-state index contributed by atoms with van der Waals surface area (Å²) in [5.74, 6) is -0.291. The normalized spacial score (nSPS) is 17.9. The lowest BCUT2D eigenvalue weighted by Crippen LogP contribution is -2.40. The fourth-order valence-corrected chi connectivity index (χ4v) is 1.59. The van der Waals surface area contributed by atoms with Gasteiger partial charge in [-0.2, -0.15) is 5.26 Å². The second kappa shape index (κ2) is 2.88. The molecule has 15 heavy (non-hydrogen) atoms. The number of carbonyl (C=O) groups excluding carboxylic acids is 1. The average molecular weight is 206 g/mol. The number of hydrogen-bond donors (Lipinski definition) is 1. The molecule has 0 unspecified atom stereocenters. The SMILES string of the molecule is N#CC1(c2cc([N+](=O)[O-])[nH]n2)CC(=O)C1. The van der Waals surface area contributed by atoms with Gasteiger partial charge in [0.15, 0.2) is 0 Å². The molecule has 1 aromatic rings. The number of carbonyl (C=O) groups is 1. The van der Waals surface area contributed by atoms with E-state index < -0.39 is 10.3 Å². The van der Waals surface area contributed by atoms with E-state index in [2.05, 4.69) is 10.2 Å². The Morgan fingerprint density at radius 1 is 1.67 bits per heavy atom. The van der Waals surface area contributed by atoms with Crippen LogP contribution in [0.15, 0.2) is 6.07 Å². The highest BCUT2D eigenvalue weighted by molar-refractivity contribution is 5.89. The third kappa shape index (κ3) is 1.27. The van der Waals surface area contributed by atoms with Gasteiger partial charge in [0.2, 0.25) is 0 Å². The van der Waals surface area contributed by atoms with Crippen LogP contribution in [-0.4, -0.2) is 20.9 Å². The van der Waals surface area contributed by atoms with Gasteiger partial charge in [-0.25, -0.2) is 0 Å². The Morgan fingerprint density at radius 2 is 2.33 bits per heavy atom. The van der Waals surface area contributed by atoms with E-state index in [4.69, 9.17) is 5.26 Å². The molecule has 0 saturated heterocycles. The van der Waals surface area contributed by atoms with Crippen LogP contribution in [0.25, 0.3) is 0 Å². The molecule has 2 rings (SSSR count). The van der Waals surface area contributed by atoms with Crippen LogP contribution >= 0.6 is 0 Å². The number of nitro groups is 1. The minimum Gasteiger partial charge on any atom is -0.358 e. The predicted molar refractivity (Wildman–Crippen MR) is 46.8 cm³/mol. The summed E-state index contributed by atoms with van der Waals surface area (Å²) in [4.78, 5) is 20.6. The van der Waals surface area contributed by atoms with Crippen LogP contribution in [0.2, 0.25) is 0 Å². The van der Waals surface area contributed by atoms with Crippen LogP contribution < -0.4 is 0 Å². The van der Waals surface area contributed by atoms with Crippen molar-refractivity contribution in [3.8, 4) is 6.07 Å². The van der Waals surface area contributed by atoms with Crippen molar-refractivity contribution in [2.75, 3.05) is 0 Å². The molecule has 7 heteroatoms. The highest BCUT2D eigenvalue weighted by Crippen LogP contribution is 2.40. The Balaban J connectivity index is 2.34. The van der Waals surface area contributed by atoms with Crippen molar-refractivity contribution in [1.82, 2.24) is 10.2 Å². The van der Waals surface area contributed by atoms with E-state index in [9.17, 15) is 14.9 Å². The lowest BCUT2D eigenvalue weighted by molar-refractivity contribution is -0.389. The Hall–Kier alpha value is -2.23. The maximum atomic E-state index is 10.9. The number of hydrogen-bond acceptors (Lipinski definition) is 5. The second-order valence-electron chi connectivity index (χ2n) is 3.48. The number of H-pyrrole nitrogens is 1. The van der Waals surface area contributed by atoms with Crippen molar-refractivity contribution in [3.05, 3.63) is 21.9 Å². The van der Waals surface area contributed by atoms with E-state index in [1.165, 1.54) is 6.07 Å². The number of aromatic nitrogens is 2. The van der Waals surface area contributed by atoms with Crippen molar-refractivity contribution in [3.63, 3.8) is 0 Å². The third-order valence-electron chi connectivity index (χ3n) is 2.46. The van der Waals surface area contributed by atoms with Crippen LogP contribution in [0, 0.1) is 21.4 Å². The number of rotatable bonds is 2. The van der Waals surface area contributed by atoms with Crippen LogP contribution in [0.3, 0.4) is 0 Å². The molecule has 1 aromatic heterocycles. The summed E-state index contributed by atoms with van der Waals surface area (Å²) >= 11 is 0. The first kappa shape index (κ1) is 9.33. The van der Waals surface area contributed by atoms with Crippen molar-refractivity contribution in [2.45, 2.75) is 18.3 Å². The van der Waals surface area contributed by atoms with Crippen LogP contribution in [0.4, 0.5) is 5.82 Å². The van der Waals surface area contributed by atoms with Gasteiger partial charge in [0.05, 0.1) is 12.1 Å². The van der Waals surface area contributed by atoms with Crippen molar-refractivity contribution < 1.29 is 9.72 Å². The van der Waals surface area contributed by atoms with Crippen LogP contribution in [0.1, 0.15) is 18.5 Å². The maximum Gasteiger partial charge on any atom is 0.342 e. The number of nitriles is 1. The summed E-state index contributed by atoms with van der Waals surface area (Å²) in [5.41, 5.74) is -0.682. The minimum absolute atomic E-state index is 0.0257. The van der Waals surface area contributed by atoms with Gasteiger partial charge < -0.3 is 10.1 Å². The lowest BCUT2D eigenvalue weighted by atomic mass is 9.67. The standard InChI is InChI=1S/C8H6N4O3/c9-4-8(2-5(13)3-8)6-1-7(11-10-6)12(14)15/h1H,2-3H2,(H,10,11). The molecule has 0 aromatic carbocycles. The molecule has 0 atom stereocenters. The number of nitrogens with zero attached hydrogens (tertiary/aromatic N) is 3. The topological polar surface area (TPSA) is 113 Å². The fraction of sp³-hybridized carbons (Fsp3) is 0.375. The van der Waals surface area contributed by atoms with E-state index in [-0.39, 0.29) is 30.1 Å². The Morgan fingerprint density at radius 3 is 2.73 bits per heavy atom. The number of aromatic amines is 1. The molecule has 0 radical (unpaired) electrons. The van der Waals surface area contributed by atoms with E-state index >= 15 is 0 Å².